The van der Waals surface area contributed by atoms with Crippen LogP contribution in [-0.2, 0) is 5.41 Å². The summed E-state index contributed by atoms with van der Waals surface area (Å²) < 4.78 is 1.90. The second-order valence-corrected chi connectivity index (χ2v) is 6.11. The van der Waals surface area contributed by atoms with Gasteiger partial charge < -0.3 is 5.11 Å². The first-order valence-electron chi connectivity index (χ1n) is 4.01. The molecule has 1 rings (SSSR count). The molecule has 0 heterocycles. The number of rotatable bonds is 0. The highest BCUT2D eigenvalue weighted by atomic mass is 127. The summed E-state index contributed by atoms with van der Waals surface area (Å²) in [5.74, 6) is 0.399. The zero-order valence-electron chi connectivity index (χ0n) is 7.86. The standard InChI is InChI=1S/C10H12BrIO/c1-10(2,3)7-4-6(11)5-8(12)9(7)13/h4-5,13H,1-3H3. The van der Waals surface area contributed by atoms with Crippen LogP contribution < -0.4 is 0 Å². The van der Waals surface area contributed by atoms with Crippen molar-refractivity contribution in [2.75, 3.05) is 0 Å². The molecule has 0 saturated carbocycles. The average molecular weight is 355 g/mol. The molecular formula is C10H12BrIO. The van der Waals surface area contributed by atoms with E-state index in [9.17, 15) is 5.11 Å². The molecule has 3 heteroatoms. The molecule has 0 spiro atoms. The second kappa shape index (κ2) is 3.77. The fourth-order valence-corrected chi connectivity index (χ4v) is 2.65. The van der Waals surface area contributed by atoms with E-state index < -0.39 is 0 Å². The second-order valence-electron chi connectivity index (χ2n) is 4.03. The summed E-state index contributed by atoms with van der Waals surface area (Å²) in [6, 6.07) is 3.88. The van der Waals surface area contributed by atoms with Crippen LogP contribution in [0.15, 0.2) is 16.6 Å². The Hall–Kier alpha value is 0.230. The lowest BCUT2D eigenvalue weighted by Gasteiger charge is -2.21. The highest BCUT2D eigenvalue weighted by Crippen LogP contribution is 2.36. The van der Waals surface area contributed by atoms with E-state index in [4.69, 9.17) is 0 Å². The van der Waals surface area contributed by atoms with E-state index in [1.54, 1.807) is 0 Å². The van der Waals surface area contributed by atoms with Gasteiger partial charge in [0, 0.05) is 10.0 Å². The van der Waals surface area contributed by atoms with Crippen molar-refractivity contribution >= 4 is 38.5 Å². The fourth-order valence-electron chi connectivity index (χ4n) is 1.14. The lowest BCUT2D eigenvalue weighted by Crippen LogP contribution is -2.11. The third-order valence-corrected chi connectivity index (χ3v) is 3.12. The summed E-state index contributed by atoms with van der Waals surface area (Å²) in [5.41, 5.74) is 0.958. The molecule has 0 saturated heterocycles. The first-order chi connectivity index (χ1) is 5.82. The Morgan fingerprint density at radius 1 is 1.31 bits per heavy atom. The minimum atomic E-state index is -0.0201. The Balaban J connectivity index is 3.37. The van der Waals surface area contributed by atoms with Crippen molar-refractivity contribution in [1.29, 1.82) is 0 Å². The maximum atomic E-state index is 9.83. The Bertz CT molecular complexity index is 328. The first-order valence-corrected chi connectivity index (χ1v) is 5.88. The van der Waals surface area contributed by atoms with Crippen LogP contribution in [0.1, 0.15) is 26.3 Å². The van der Waals surface area contributed by atoms with Crippen LogP contribution >= 0.6 is 38.5 Å². The number of benzene rings is 1. The molecule has 0 bridgehead atoms. The SMILES string of the molecule is CC(C)(C)c1cc(Br)cc(I)c1O. The third kappa shape index (κ3) is 2.59. The van der Waals surface area contributed by atoms with Crippen LogP contribution in [0.3, 0.4) is 0 Å². The van der Waals surface area contributed by atoms with Gasteiger partial charge in [0.15, 0.2) is 0 Å². The molecular weight excluding hydrogens is 343 g/mol. The average Bonchev–Trinajstić information content (AvgIpc) is 1.94. The van der Waals surface area contributed by atoms with Gasteiger partial charge in [-0.3, -0.25) is 0 Å². The summed E-state index contributed by atoms with van der Waals surface area (Å²) in [6.07, 6.45) is 0. The number of hydrogen-bond acceptors (Lipinski definition) is 1. The summed E-state index contributed by atoms with van der Waals surface area (Å²) >= 11 is 5.56. The van der Waals surface area contributed by atoms with E-state index >= 15 is 0 Å². The van der Waals surface area contributed by atoms with Crippen LogP contribution in [0.25, 0.3) is 0 Å². The van der Waals surface area contributed by atoms with E-state index in [1.165, 1.54) is 0 Å². The van der Waals surface area contributed by atoms with Crippen molar-refractivity contribution in [2.24, 2.45) is 0 Å². The molecule has 0 atom stereocenters. The van der Waals surface area contributed by atoms with E-state index in [-0.39, 0.29) is 5.41 Å². The smallest absolute Gasteiger partial charge is 0.132 e. The summed E-state index contributed by atoms with van der Waals surface area (Å²) in [5, 5.41) is 9.83. The lowest BCUT2D eigenvalue weighted by atomic mass is 9.86. The van der Waals surface area contributed by atoms with Gasteiger partial charge in [-0.2, -0.15) is 0 Å². The monoisotopic (exact) mass is 354 g/mol. The molecule has 1 nitrogen and oxygen atoms in total. The van der Waals surface area contributed by atoms with Crippen molar-refractivity contribution < 1.29 is 5.11 Å². The molecule has 0 amide bonds. The first kappa shape index (κ1) is 11.3. The Labute approximate surface area is 101 Å². The van der Waals surface area contributed by atoms with Crippen LogP contribution in [-0.4, -0.2) is 5.11 Å². The highest BCUT2D eigenvalue weighted by Gasteiger charge is 2.19. The molecule has 0 aromatic heterocycles. The third-order valence-electron chi connectivity index (χ3n) is 1.84. The molecule has 0 unspecified atom stereocenters. The highest BCUT2D eigenvalue weighted by molar-refractivity contribution is 14.1. The van der Waals surface area contributed by atoms with Crippen LogP contribution in [0, 0.1) is 3.57 Å². The Morgan fingerprint density at radius 3 is 2.31 bits per heavy atom. The van der Waals surface area contributed by atoms with E-state index in [1.807, 2.05) is 12.1 Å². The molecule has 1 N–H and O–H groups in total. The van der Waals surface area contributed by atoms with Crippen LogP contribution in [0.4, 0.5) is 0 Å². The molecule has 13 heavy (non-hydrogen) atoms. The van der Waals surface area contributed by atoms with Crippen molar-refractivity contribution in [1.82, 2.24) is 0 Å². The van der Waals surface area contributed by atoms with Gasteiger partial charge in [-0.15, -0.1) is 0 Å². The minimum Gasteiger partial charge on any atom is -0.507 e. The lowest BCUT2D eigenvalue weighted by molar-refractivity contribution is 0.443. The normalized spacial score (nSPS) is 11.8. The molecule has 0 aliphatic heterocycles. The molecule has 0 radical (unpaired) electrons. The number of phenols is 1. The van der Waals surface area contributed by atoms with Gasteiger partial charge in [0.25, 0.3) is 0 Å². The number of aromatic hydroxyl groups is 1. The maximum absolute atomic E-state index is 9.83. The van der Waals surface area contributed by atoms with E-state index in [0.29, 0.717) is 5.75 Å². The van der Waals surface area contributed by atoms with Gasteiger partial charge in [-0.1, -0.05) is 36.7 Å². The van der Waals surface area contributed by atoms with E-state index in [2.05, 4.69) is 59.3 Å². The maximum Gasteiger partial charge on any atom is 0.132 e. The molecule has 1 aromatic carbocycles. The van der Waals surface area contributed by atoms with Crippen molar-refractivity contribution in [3.05, 3.63) is 25.7 Å². The van der Waals surface area contributed by atoms with Gasteiger partial charge >= 0.3 is 0 Å². The van der Waals surface area contributed by atoms with Gasteiger partial charge in [0.05, 0.1) is 3.57 Å². The quantitative estimate of drug-likeness (QED) is 0.696. The minimum absolute atomic E-state index is 0.0201. The van der Waals surface area contributed by atoms with Gasteiger partial charge in [0.1, 0.15) is 5.75 Å². The van der Waals surface area contributed by atoms with Crippen LogP contribution in [0.5, 0.6) is 5.75 Å². The number of hydrogen-bond donors (Lipinski definition) is 1. The van der Waals surface area contributed by atoms with Crippen molar-refractivity contribution in [2.45, 2.75) is 26.2 Å². The van der Waals surface area contributed by atoms with Gasteiger partial charge in [-0.25, -0.2) is 0 Å². The zero-order chi connectivity index (χ0) is 10.2. The predicted octanol–water partition coefficient (Wildman–Crippen LogP) is 4.06. The summed E-state index contributed by atoms with van der Waals surface area (Å²) in [4.78, 5) is 0. The van der Waals surface area contributed by atoms with Gasteiger partial charge in [0.2, 0.25) is 0 Å². The Kier molecular flexibility index (Phi) is 3.28. The summed E-state index contributed by atoms with van der Waals surface area (Å²) in [7, 11) is 0. The van der Waals surface area contributed by atoms with E-state index in [0.717, 1.165) is 13.6 Å². The van der Waals surface area contributed by atoms with Gasteiger partial charge in [-0.05, 0) is 40.1 Å². The van der Waals surface area contributed by atoms with Crippen molar-refractivity contribution in [3.63, 3.8) is 0 Å². The summed E-state index contributed by atoms with van der Waals surface area (Å²) in [6.45, 7) is 6.26. The van der Waals surface area contributed by atoms with Crippen molar-refractivity contribution in [3.8, 4) is 5.75 Å². The predicted molar refractivity (Wildman–Crippen MR) is 67.2 cm³/mol. The molecule has 72 valence electrons. The van der Waals surface area contributed by atoms with Crippen LogP contribution in [0.2, 0.25) is 0 Å². The molecule has 0 aliphatic rings. The number of phenolic OH excluding ortho intramolecular Hbond substituents is 1. The topological polar surface area (TPSA) is 20.2 Å². The number of halogens is 2. The zero-order valence-corrected chi connectivity index (χ0v) is 11.6. The molecule has 0 fully saturated rings. The Morgan fingerprint density at radius 2 is 1.85 bits per heavy atom. The molecule has 0 aliphatic carbocycles. The molecule has 1 aromatic rings. The largest absolute Gasteiger partial charge is 0.507 e. The fraction of sp³-hybridized carbons (Fsp3) is 0.400.